The lowest BCUT2D eigenvalue weighted by molar-refractivity contribution is -0.141. The Bertz CT molecular complexity index is 931. The molecule has 0 fully saturated rings. The minimum atomic E-state index is -4.60. The summed E-state index contributed by atoms with van der Waals surface area (Å²) in [7, 11) is 1.79. The molecular weight excluding hydrogens is 321 g/mol. The summed E-state index contributed by atoms with van der Waals surface area (Å²) in [6, 6.07) is 6.36. The van der Waals surface area contributed by atoms with Gasteiger partial charge in [0.1, 0.15) is 17.8 Å². The molecule has 0 saturated carbocycles. The van der Waals surface area contributed by atoms with Gasteiger partial charge < -0.3 is 9.88 Å². The molecule has 2 heterocycles. The molecule has 0 saturated heterocycles. The number of alkyl halides is 3. The van der Waals surface area contributed by atoms with Crippen molar-refractivity contribution in [1.82, 2.24) is 14.5 Å². The first-order valence-corrected chi connectivity index (χ1v) is 7.02. The van der Waals surface area contributed by atoms with Gasteiger partial charge in [0.25, 0.3) is 5.91 Å². The second-order valence-electron chi connectivity index (χ2n) is 5.41. The summed E-state index contributed by atoms with van der Waals surface area (Å²) < 4.78 is 39.8. The van der Waals surface area contributed by atoms with Crippen LogP contribution in [0.4, 0.5) is 19.0 Å². The number of carbonyl (C=O) groups excluding carboxylic acids is 1. The second-order valence-corrected chi connectivity index (χ2v) is 5.41. The molecule has 5 nitrogen and oxygen atoms in total. The number of aromatic nitrogens is 3. The van der Waals surface area contributed by atoms with Crippen LogP contribution < -0.4 is 5.32 Å². The number of nitrogens with one attached hydrogen (secondary N) is 1. The Kier molecular flexibility index (Phi) is 3.75. The average Bonchev–Trinajstić information content (AvgIpc) is 2.83. The molecule has 0 aliphatic carbocycles. The third kappa shape index (κ3) is 2.94. The van der Waals surface area contributed by atoms with Crippen molar-refractivity contribution in [3.63, 3.8) is 0 Å². The summed E-state index contributed by atoms with van der Waals surface area (Å²) in [4.78, 5) is 19.3. The van der Waals surface area contributed by atoms with Crippen LogP contribution in [-0.4, -0.2) is 20.4 Å². The fourth-order valence-electron chi connectivity index (χ4n) is 2.45. The highest BCUT2D eigenvalue weighted by Crippen LogP contribution is 2.28. The number of fused-ring (bicyclic) bond motifs is 1. The first-order valence-electron chi connectivity index (χ1n) is 7.02. The highest BCUT2D eigenvalue weighted by Gasteiger charge is 2.33. The van der Waals surface area contributed by atoms with Crippen LogP contribution in [0.2, 0.25) is 0 Å². The number of nitrogens with zero attached hydrogens (tertiary/aromatic N) is 3. The van der Waals surface area contributed by atoms with Crippen molar-refractivity contribution in [2.75, 3.05) is 5.32 Å². The summed E-state index contributed by atoms with van der Waals surface area (Å²) in [6.45, 7) is 1.90. The first-order chi connectivity index (χ1) is 11.3. The van der Waals surface area contributed by atoms with E-state index in [2.05, 4.69) is 15.3 Å². The predicted octanol–water partition coefficient (Wildman–Crippen LogP) is 3.55. The van der Waals surface area contributed by atoms with Gasteiger partial charge in [-0.15, -0.1) is 0 Å². The fraction of sp³-hybridized carbons (Fsp3) is 0.188. The van der Waals surface area contributed by atoms with Crippen LogP contribution >= 0.6 is 0 Å². The number of hydrogen-bond acceptors (Lipinski definition) is 3. The van der Waals surface area contributed by atoms with E-state index in [4.69, 9.17) is 0 Å². The molecule has 3 rings (SSSR count). The highest BCUT2D eigenvalue weighted by molar-refractivity contribution is 6.12. The number of carbonyl (C=O) groups is 1. The van der Waals surface area contributed by atoms with Crippen molar-refractivity contribution in [2.45, 2.75) is 13.1 Å². The maximum absolute atomic E-state index is 12.7. The summed E-state index contributed by atoms with van der Waals surface area (Å²) >= 11 is 0. The quantitative estimate of drug-likeness (QED) is 0.780. The molecule has 0 radical (unpaired) electrons. The molecule has 8 heteroatoms. The minimum Gasteiger partial charge on any atom is -0.350 e. The second kappa shape index (κ2) is 5.63. The lowest BCUT2D eigenvalue weighted by atomic mass is 10.1. The van der Waals surface area contributed by atoms with E-state index in [1.807, 2.05) is 25.1 Å². The maximum atomic E-state index is 12.7. The Balaban J connectivity index is 1.95. The lowest BCUT2D eigenvalue weighted by Crippen LogP contribution is -2.15. The van der Waals surface area contributed by atoms with E-state index in [0.29, 0.717) is 11.6 Å². The van der Waals surface area contributed by atoms with E-state index < -0.39 is 17.8 Å². The molecule has 1 aromatic carbocycles. The number of hydrogen-bond donors (Lipinski definition) is 1. The highest BCUT2D eigenvalue weighted by atomic mass is 19.4. The van der Waals surface area contributed by atoms with Gasteiger partial charge in [0.15, 0.2) is 0 Å². The number of aryl methyl sites for hydroxylation is 2. The third-order valence-electron chi connectivity index (χ3n) is 3.59. The zero-order valence-corrected chi connectivity index (χ0v) is 12.8. The molecule has 0 aliphatic rings. The average molecular weight is 334 g/mol. The van der Waals surface area contributed by atoms with Crippen molar-refractivity contribution in [3.8, 4) is 0 Å². The molecule has 1 N–H and O–H groups in total. The van der Waals surface area contributed by atoms with Crippen molar-refractivity contribution in [1.29, 1.82) is 0 Å². The summed E-state index contributed by atoms with van der Waals surface area (Å²) in [5.41, 5.74) is 1.08. The topological polar surface area (TPSA) is 59.8 Å². The minimum absolute atomic E-state index is 0.202. The maximum Gasteiger partial charge on any atom is 0.433 e. The summed E-state index contributed by atoms with van der Waals surface area (Å²) in [5.74, 6) is -0.731. The fourth-order valence-corrected chi connectivity index (χ4v) is 2.45. The Morgan fingerprint density at radius 3 is 2.67 bits per heavy atom. The van der Waals surface area contributed by atoms with Gasteiger partial charge in [-0.05, 0) is 19.1 Å². The largest absolute Gasteiger partial charge is 0.433 e. The van der Waals surface area contributed by atoms with Crippen molar-refractivity contribution in [3.05, 3.63) is 53.6 Å². The van der Waals surface area contributed by atoms with Gasteiger partial charge in [-0.1, -0.05) is 11.6 Å². The SMILES string of the molecule is Cc1ccc2c(c1)c(C(=O)Nc1cc(C(F)(F)F)ncn1)cn2C. The zero-order valence-electron chi connectivity index (χ0n) is 12.8. The van der Waals surface area contributed by atoms with Crippen LogP contribution in [0, 0.1) is 6.92 Å². The standard InChI is InChI=1S/C16H13F3N4O/c1-9-3-4-12-10(5-9)11(7-23(12)2)15(24)22-14-6-13(16(17,18)19)20-8-21-14/h3-8H,1-2H3,(H,20,21,22,24). The molecule has 0 unspecified atom stereocenters. The Labute approximate surface area is 135 Å². The van der Waals surface area contributed by atoms with Crippen LogP contribution in [0.25, 0.3) is 10.9 Å². The number of halogens is 3. The number of amides is 1. The van der Waals surface area contributed by atoms with Gasteiger partial charge in [-0.3, -0.25) is 4.79 Å². The molecule has 0 atom stereocenters. The van der Waals surface area contributed by atoms with Gasteiger partial charge in [0.05, 0.1) is 5.56 Å². The monoisotopic (exact) mass is 334 g/mol. The van der Waals surface area contributed by atoms with E-state index >= 15 is 0 Å². The van der Waals surface area contributed by atoms with Gasteiger partial charge in [0, 0.05) is 30.2 Å². The lowest BCUT2D eigenvalue weighted by Gasteiger charge is -2.07. The van der Waals surface area contributed by atoms with Crippen LogP contribution in [0.15, 0.2) is 36.8 Å². The van der Waals surface area contributed by atoms with Crippen LogP contribution in [0.3, 0.4) is 0 Å². The Morgan fingerprint density at radius 2 is 1.96 bits per heavy atom. The molecule has 24 heavy (non-hydrogen) atoms. The van der Waals surface area contributed by atoms with E-state index in [9.17, 15) is 18.0 Å². The van der Waals surface area contributed by atoms with Gasteiger partial charge in [-0.2, -0.15) is 13.2 Å². The van der Waals surface area contributed by atoms with Crippen molar-refractivity contribution in [2.24, 2.45) is 7.05 Å². The van der Waals surface area contributed by atoms with Crippen LogP contribution in [-0.2, 0) is 13.2 Å². The molecule has 124 valence electrons. The molecule has 3 aromatic rings. The zero-order chi connectivity index (χ0) is 17.5. The summed E-state index contributed by atoms with van der Waals surface area (Å²) in [5, 5.41) is 3.11. The van der Waals surface area contributed by atoms with Crippen molar-refractivity contribution >= 4 is 22.6 Å². The van der Waals surface area contributed by atoms with Crippen molar-refractivity contribution < 1.29 is 18.0 Å². The van der Waals surface area contributed by atoms with E-state index in [1.54, 1.807) is 17.8 Å². The molecule has 2 aromatic heterocycles. The van der Waals surface area contributed by atoms with E-state index in [0.717, 1.165) is 22.8 Å². The first kappa shape index (κ1) is 16.0. The number of rotatable bonds is 2. The molecule has 0 aliphatic heterocycles. The van der Waals surface area contributed by atoms with Crippen LogP contribution in [0.5, 0.6) is 0 Å². The molecule has 0 spiro atoms. The third-order valence-corrected chi connectivity index (χ3v) is 3.59. The van der Waals surface area contributed by atoms with Gasteiger partial charge in [0.2, 0.25) is 0 Å². The Morgan fingerprint density at radius 1 is 1.21 bits per heavy atom. The predicted molar refractivity (Wildman–Crippen MR) is 82.6 cm³/mol. The van der Waals surface area contributed by atoms with Gasteiger partial charge in [-0.25, -0.2) is 9.97 Å². The van der Waals surface area contributed by atoms with E-state index in [-0.39, 0.29) is 5.82 Å². The van der Waals surface area contributed by atoms with Crippen LogP contribution in [0.1, 0.15) is 21.6 Å². The smallest absolute Gasteiger partial charge is 0.350 e. The molecule has 0 bridgehead atoms. The normalized spacial score (nSPS) is 11.7. The number of anilines is 1. The molecule has 1 amide bonds. The Hall–Kier alpha value is -2.90. The summed E-state index contributed by atoms with van der Waals surface area (Å²) in [6.07, 6.45) is -2.20. The molecular formula is C16H13F3N4O. The number of benzene rings is 1. The van der Waals surface area contributed by atoms with E-state index in [1.165, 1.54) is 0 Å². The van der Waals surface area contributed by atoms with Gasteiger partial charge >= 0.3 is 6.18 Å².